The van der Waals surface area contributed by atoms with Gasteiger partial charge in [0.05, 0.1) is 25.2 Å². The van der Waals surface area contributed by atoms with E-state index in [1.807, 2.05) is 0 Å². The van der Waals surface area contributed by atoms with Gasteiger partial charge in [0.1, 0.15) is 11.5 Å². The highest BCUT2D eigenvalue weighted by Gasteiger charge is 2.26. The van der Waals surface area contributed by atoms with Crippen LogP contribution in [-0.4, -0.2) is 58.1 Å². The van der Waals surface area contributed by atoms with Crippen LogP contribution in [0.1, 0.15) is 6.92 Å². The number of hydrogen-bond acceptors (Lipinski definition) is 6. The molecule has 0 radical (unpaired) electrons. The van der Waals surface area contributed by atoms with Crippen molar-refractivity contribution in [2.24, 2.45) is 0 Å². The normalized spacial score (nSPS) is 16.1. The van der Waals surface area contributed by atoms with E-state index >= 15 is 0 Å². The highest BCUT2D eigenvalue weighted by atomic mass is 32.2. The first-order chi connectivity index (χ1) is 13.9. The lowest BCUT2D eigenvalue weighted by Gasteiger charge is -2.26. The Balaban J connectivity index is 1.61. The standard InChI is InChI=1S/C20H24N2O6S/c1-15(20(23)21-16-4-3-5-18(14-16)26-2)28-17-6-8-19(9-7-17)29(24,25)22-10-12-27-13-11-22/h3-9,14-15H,10-13H2,1-2H3,(H,21,23)/t15-/m1/s1. The number of carbonyl (C=O) groups excluding carboxylic acids is 1. The Morgan fingerprint density at radius 1 is 1.10 bits per heavy atom. The summed E-state index contributed by atoms with van der Waals surface area (Å²) in [6, 6.07) is 13.1. The van der Waals surface area contributed by atoms with Gasteiger partial charge in [-0.05, 0) is 43.3 Å². The number of sulfonamides is 1. The monoisotopic (exact) mass is 420 g/mol. The van der Waals surface area contributed by atoms with Crippen LogP contribution in [0.2, 0.25) is 0 Å². The zero-order valence-corrected chi connectivity index (χ0v) is 17.1. The predicted molar refractivity (Wildman–Crippen MR) is 108 cm³/mol. The molecule has 1 amide bonds. The van der Waals surface area contributed by atoms with Gasteiger partial charge in [0.2, 0.25) is 10.0 Å². The molecule has 0 saturated carbocycles. The summed E-state index contributed by atoms with van der Waals surface area (Å²) in [4.78, 5) is 12.5. The second-order valence-corrected chi connectivity index (χ2v) is 8.41. The summed E-state index contributed by atoms with van der Waals surface area (Å²) in [5, 5.41) is 2.76. The minimum atomic E-state index is -3.56. The van der Waals surface area contributed by atoms with E-state index in [9.17, 15) is 13.2 Å². The Hall–Kier alpha value is -2.62. The molecule has 156 valence electrons. The maximum absolute atomic E-state index is 12.6. The molecule has 1 aliphatic rings. The molecule has 8 nitrogen and oxygen atoms in total. The van der Waals surface area contributed by atoms with E-state index in [-0.39, 0.29) is 10.8 Å². The molecule has 0 bridgehead atoms. The highest BCUT2D eigenvalue weighted by Crippen LogP contribution is 2.22. The fourth-order valence-electron chi connectivity index (χ4n) is 2.83. The first-order valence-corrected chi connectivity index (χ1v) is 10.6. The number of carbonyl (C=O) groups is 1. The Labute approximate surface area is 170 Å². The van der Waals surface area contributed by atoms with E-state index in [1.54, 1.807) is 50.4 Å². The number of hydrogen-bond donors (Lipinski definition) is 1. The lowest BCUT2D eigenvalue weighted by molar-refractivity contribution is -0.122. The molecule has 2 aromatic rings. The Bertz CT molecular complexity index is 940. The van der Waals surface area contributed by atoms with Gasteiger partial charge in [0.25, 0.3) is 5.91 Å². The van der Waals surface area contributed by atoms with Crippen molar-refractivity contribution in [3.05, 3.63) is 48.5 Å². The third kappa shape index (κ3) is 5.26. The second-order valence-electron chi connectivity index (χ2n) is 6.47. The SMILES string of the molecule is COc1cccc(NC(=O)[C@@H](C)Oc2ccc(S(=O)(=O)N3CCOCC3)cc2)c1. The quantitative estimate of drug-likeness (QED) is 0.737. The zero-order valence-electron chi connectivity index (χ0n) is 16.3. The molecule has 9 heteroatoms. The fraction of sp³-hybridized carbons (Fsp3) is 0.350. The van der Waals surface area contributed by atoms with Gasteiger partial charge in [0, 0.05) is 24.8 Å². The van der Waals surface area contributed by atoms with Crippen molar-refractivity contribution in [3.8, 4) is 11.5 Å². The number of methoxy groups -OCH3 is 1. The summed E-state index contributed by atoms with van der Waals surface area (Å²) in [5.41, 5.74) is 0.594. The van der Waals surface area contributed by atoms with E-state index in [2.05, 4.69) is 5.32 Å². The summed E-state index contributed by atoms with van der Waals surface area (Å²) < 4.78 is 42.7. The number of rotatable bonds is 7. The molecule has 1 aliphatic heterocycles. The summed E-state index contributed by atoms with van der Waals surface area (Å²) >= 11 is 0. The van der Waals surface area contributed by atoms with E-state index in [0.29, 0.717) is 43.5 Å². The predicted octanol–water partition coefficient (Wildman–Crippen LogP) is 2.12. The van der Waals surface area contributed by atoms with Crippen LogP contribution in [0.25, 0.3) is 0 Å². The Kier molecular flexibility index (Phi) is 6.73. The summed E-state index contributed by atoms with van der Waals surface area (Å²) in [7, 11) is -2.01. The molecule has 0 aliphatic carbocycles. The lowest BCUT2D eigenvalue weighted by Crippen LogP contribution is -2.40. The largest absolute Gasteiger partial charge is 0.497 e. The van der Waals surface area contributed by atoms with E-state index < -0.39 is 16.1 Å². The molecule has 2 aromatic carbocycles. The van der Waals surface area contributed by atoms with Crippen molar-refractivity contribution in [3.63, 3.8) is 0 Å². The number of ether oxygens (including phenoxy) is 3. The Morgan fingerprint density at radius 2 is 1.79 bits per heavy atom. The summed E-state index contributed by atoms with van der Waals surface area (Å²) in [5.74, 6) is 0.705. The van der Waals surface area contributed by atoms with Crippen LogP contribution in [0.4, 0.5) is 5.69 Å². The molecule has 0 spiro atoms. The Morgan fingerprint density at radius 3 is 2.45 bits per heavy atom. The summed E-state index contributed by atoms with van der Waals surface area (Å²) in [6.45, 7) is 3.07. The van der Waals surface area contributed by atoms with Crippen molar-refractivity contribution in [1.82, 2.24) is 4.31 Å². The number of anilines is 1. The van der Waals surface area contributed by atoms with Crippen molar-refractivity contribution in [2.75, 3.05) is 38.7 Å². The van der Waals surface area contributed by atoms with Gasteiger partial charge in [-0.15, -0.1) is 0 Å². The average molecular weight is 420 g/mol. The van der Waals surface area contributed by atoms with Crippen molar-refractivity contribution in [1.29, 1.82) is 0 Å². The van der Waals surface area contributed by atoms with Gasteiger partial charge in [-0.1, -0.05) is 6.07 Å². The van der Waals surface area contributed by atoms with Crippen LogP contribution in [-0.2, 0) is 19.6 Å². The second kappa shape index (κ2) is 9.25. The molecule has 1 saturated heterocycles. The topological polar surface area (TPSA) is 94.2 Å². The van der Waals surface area contributed by atoms with Crippen LogP contribution in [0.3, 0.4) is 0 Å². The average Bonchev–Trinajstić information content (AvgIpc) is 2.75. The van der Waals surface area contributed by atoms with Crippen LogP contribution in [0.5, 0.6) is 11.5 Å². The van der Waals surface area contributed by atoms with Crippen molar-refractivity contribution in [2.45, 2.75) is 17.9 Å². The van der Waals surface area contributed by atoms with Crippen LogP contribution >= 0.6 is 0 Å². The van der Waals surface area contributed by atoms with E-state index in [4.69, 9.17) is 14.2 Å². The number of nitrogens with one attached hydrogen (secondary N) is 1. The van der Waals surface area contributed by atoms with Gasteiger partial charge in [-0.3, -0.25) is 4.79 Å². The zero-order chi connectivity index (χ0) is 20.9. The number of nitrogens with zero attached hydrogens (tertiary/aromatic N) is 1. The first-order valence-electron chi connectivity index (χ1n) is 9.19. The summed E-state index contributed by atoms with van der Waals surface area (Å²) in [6.07, 6.45) is -0.775. The minimum Gasteiger partial charge on any atom is -0.497 e. The molecular formula is C20H24N2O6S. The minimum absolute atomic E-state index is 0.181. The van der Waals surface area contributed by atoms with Crippen LogP contribution in [0.15, 0.2) is 53.4 Å². The molecular weight excluding hydrogens is 396 g/mol. The van der Waals surface area contributed by atoms with Gasteiger partial charge >= 0.3 is 0 Å². The third-order valence-corrected chi connectivity index (χ3v) is 6.36. The number of amides is 1. The van der Waals surface area contributed by atoms with Gasteiger partial charge in [-0.25, -0.2) is 8.42 Å². The molecule has 1 fully saturated rings. The molecule has 1 atom stereocenters. The molecule has 0 aromatic heterocycles. The van der Waals surface area contributed by atoms with Gasteiger partial charge in [0.15, 0.2) is 6.10 Å². The van der Waals surface area contributed by atoms with Crippen molar-refractivity contribution >= 4 is 21.6 Å². The van der Waals surface area contributed by atoms with Crippen LogP contribution in [0, 0.1) is 0 Å². The number of benzene rings is 2. The molecule has 0 unspecified atom stereocenters. The van der Waals surface area contributed by atoms with E-state index in [0.717, 1.165) is 0 Å². The molecule has 3 rings (SSSR count). The lowest BCUT2D eigenvalue weighted by atomic mass is 10.2. The number of morpholine rings is 1. The fourth-order valence-corrected chi connectivity index (χ4v) is 4.24. The van der Waals surface area contributed by atoms with Gasteiger partial charge in [-0.2, -0.15) is 4.31 Å². The maximum Gasteiger partial charge on any atom is 0.265 e. The molecule has 1 N–H and O–H groups in total. The van der Waals surface area contributed by atoms with E-state index in [1.165, 1.54) is 16.4 Å². The highest BCUT2D eigenvalue weighted by molar-refractivity contribution is 7.89. The maximum atomic E-state index is 12.6. The third-order valence-electron chi connectivity index (χ3n) is 4.45. The van der Waals surface area contributed by atoms with Crippen LogP contribution < -0.4 is 14.8 Å². The smallest absolute Gasteiger partial charge is 0.265 e. The first kappa shape index (κ1) is 21.1. The van der Waals surface area contributed by atoms with Crippen molar-refractivity contribution < 1.29 is 27.4 Å². The molecule has 1 heterocycles. The molecule has 29 heavy (non-hydrogen) atoms. The van der Waals surface area contributed by atoms with Gasteiger partial charge < -0.3 is 19.5 Å².